The van der Waals surface area contributed by atoms with Gasteiger partial charge in [-0.1, -0.05) is 0 Å². The Labute approximate surface area is 182 Å². The molecule has 1 aromatic heterocycles. The van der Waals surface area contributed by atoms with Crippen LogP contribution in [0, 0.1) is 12.8 Å². The Morgan fingerprint density at radius 2 is 2.06 bits per heavy atom. The third-order valence-corrected chi connectivity index (χ3v) is 6.15. The molecule has 1 fully saturated rings. The van der Waals surface area contributed by atoms with Crippen molar-refractivity contribution >= 4 is 29.1 Å². The molecule has 2 heterocycles. The van der Waals surface area contributed by atoms with E-state index in [1.165, 1.54) is 24.3 Å². The first-order valence-electron chi connectivity index (χ1n) is 9.79. The van der Waals surface area contributed by atoms with Crippen molar-refractivity contribution < 1.29 is 37.4 Å². The van der Waals surface area contributed by atoms with Gasteiger partial charge in [-0.25, -0.2) is 4.98 Å². The summed E-state index contributed by atoms with van der Waals surface area (Å²) in [5.41, 5.74) is -3.15. The molecule has 0 saturated carbocycles. The number of likely N-dealkylation sites (tertiary alicyclic amines) is 1. The van der Waals surface area contributed by atoms with Crippen molar-refractivity contribution in [3.8, 4) is 0 Å². The van der Waals surface area contributed by atoms with Crippen LogP contribution in [0.25, 0.3) is 0 Å². The van der Waals surface area contributed by atoms with Gasteiger partial charge in [0.1, 0.15) is 5.01 Å². The van der Waals surface area contributed by atoms with Crippen molar-refractivity contribution in [1.29, 1.82) is 0 Å². The van der Waals surface area contributed by atoms with Gasteiger partial charge in [0.15, 0.2) is 0 Å². The van der Waals surface area contributed by atoms with Gasteiger partial charge < -0.3 is 19.6 Å². The lowest BCUT2D eigenvalue weighted by Gasteiger charge is -2.33. The Hall–Kier alpha value is -2.21. The summed E-state index contributed by atoms with van der Waals surface area (Å²) in [6.07, 6.45) is -5.27. The van der Waals surface area contributed by atoms with E-state index < -0.39 is 53.5 Å². The Morgan fingerprint density at radius 1 is 1.39 bits per heavy atom. The summed E-state index contributed by atoms with van der Waals surface area (Å²) >= 11 is 0.610. The number of likely N-dealkylation sites (N-methyl/N-ethyl adjacent to an activating group) is 1. The third kappa shape index (κ3) is 5.94. The number of hydrogen-bond donors (Lipinski definition) is 1. The van der Waals surface area contributed by atoms with E-state index in [9.17, 15) is 32.7 Å². The van der Waals surface area contributed by atoms with Gasteiger partial charge >= 0.3 is 12.1 Å². The van der Waals surface area contributed by atoms with E-state index >= 15 is 0 Å². The number of thiazole rings is 1. The minimum Gasteiger partial charge on any atom is -0.466 e. The molecule has 1 aromatic rings. The zero-order valence-electron chi connectivity index (χ0n) is 17.6. The number of ether oxygens (including phenoxy) is 1. The maximum atomic E-state index is 13.6. The summed E-state index contributed by atoms with van der Waals surface area (Å²) < 4.78 is 45.7. The summed E-state index contributed by atoms with van der Waals surface area (Å²) in [4.78, 5) is 42.9. The second-order valence-corrected chi connectivity index (χ2v) is 8.37. The van der Waals surface area contributed by atoms with Crippen molar-refractivity contribution in [2.24, 2.45) is 5.92 Å². The number of rotatable bonds is 7. The number of aromatic nitrogens is 1. The molecule has 0 aromatic carbocycles. The molecule has 2 amide bonds. The van der Waals surface area contributed by atoms with Crippen molar-refractivity contribution in [3.63, 3.8) is 0 Å². The first-order valence-corrected chi connectivity index (χ1v) is 10.7. The quantitative estimate of drug-likeness (QED) is 0.617. The molecule has 31 heavy (non-hydrogen) atoms. The summed E-state index contributed by atoms with van der Waals surface area (Å²) in [7, 11) is 1.19. The topological polar surface area (TPSA) is 100 Å². The summed E-state index contributed by atoms with van der Waals surface area (Å²) in [5.74, 6) is -2.42. The Morgan fingerprint density at radius 3 is 2.61 bits per heavy atom. The first-order chi connectivity index (χ1) is 14.4. The van der Waals surface area contributed by atoms with Crippen molar-refractivity contribution in [2.45, 2.75) is 44.9 Å². The van der Waals surface area contributed by atoms with Crippen LogP contribution in [0.3, 0.4) is 0 Å². The van der Waals surface area contributed by atoms with Gasteiger partial charge in [0.25, 0.3) is 0 Å². The predicted molar refractivity (Wildman–Crippen MR) is 105 cm³/mol. The Bertz CT molecular complexity index is 816. The molecule has 1 aliphatic rings. The molecular formula is C19H26F3N3O5S. The largest absolute Gasteiger partial charge is 0.466 e. The standard InChI is InChI=1S/C19H26F3N3O5S/c1-4-30-16(28)13-6-5-7-25(9-13)15(27)10-24(3)14(26)8-18(29,19(20,21)22)17-23-12(2)11-31-17/h11,13,29H,4-10H2,1-3H3. The van der Waals surface area contributed by atoms with E-state index in [1.54, 1.807) is 6.92 Å². The minimum atomic E-state index is -5.13. The molecule has 2 rings (SSSR count). The number of alkyl halides is 3. The van der Waals surface area contributed by atoms with Crippen LogP contribution in [-0.4, -0.2) is 77.1 Å². The second-order valence-electron chi connectivity index (χ2n) is 7.51. The predicted octanol–water partition coefficient (Wildman–Crippen LogP) is 1.85. The van der Waals surface area contributed by atoms with Gasteiger partial charge in [-0.2, -0.15) is 13.2 Å². The molecule has 0 radical (unpaired) electrons. The van der Waals surface area contributed by atoms with E-state index in [2.05, 4.69) is 4.98 Å². The first kappa shape index (κ1) is 25.1. The molecule has 0 spiro atoms. The maximum Gasteiger partial charge on any atom is 0.424 e. The van der Waals surface area contributed by atoms with Crippen LogP contribution < -0.4 is 0 Å². The van der Waals surface area contributed by atoms with E-state index in [1.807, 2.05) is 0 Å². The van der Waals surface area contributed by atoms with E-state index in [0.717, 1.165) is 4.90 Å². The molecule has 2 unspecified atom stereocenters. The molecule has 1 N–H and O–H groups in total. The summed E-state index contributed by atoms with van der Waals surface area (Å²) in [5, 5.41) is 11.0. The van der Waals surface area contributed by atoms with Crippen molar-refractivity contribution in [1.82, 2.24) is 14.8 Å². The molecule has 0 aliphatic carbocycles. The summed E-state index contributed by atoms with van der Waals surface area (Å²) in [6, 6.07) is 0. The van der Waals surface area contributed by atoms with Crippen LogP contribution in [0.15, 0.2) is 5.38 Å². The maximum absolute atomic E-state index is 13.6. The highest BCUT2D eigenvalue weighted by Gasteiger charge is 2.58. The molecular weight excluding hydrogens is 439 g/mol. The van der Waals surface area contributed by atoms with Gasteiger partial charge in [0.05, 0.1) is 25.5 Å². The van der Waals surface area contributed by atoms with Gasteiger partial charge in [-0.05, 0) is 26.7 Å². The molecule has 12 heteroatoms. The number of nitrogens with zero attached hydrogens (tertiary/aromatic N) is 3. The Balaban J connectivity index is 2.03. The molecule has 174 valence electrons. The third-order valence-electron chi connectivity index (χ3n) is 5.04. The number of aryl methyl sites for hydroxylation is 1. The summed E-state index contributed by atoms with van der Waals surface area (Å²) in [6.45, 7) is 3.41. The van der Waals surface area contributed by atoms with Crippen LogP contribution in [0.2, 0.25) is 0 Å². The highest BCUT2D eigenvalue weighted by Crippen LogP contribution is 2.43. The van der Waals surface area contributed by atoms with Crippen LogP contribution in [0.1, 0.15) is 36.9 Å². The molecule has 2 atom stereocenters. The number of hydrogen-bond acceptors (Lipinski definition) is 7. The number of piperidine rings is 1. The zero-order chi connectivity index (χ0) is 23.4. The van der Waals surface area contributed by atoms with Gasteiger partial charge in [0, 0.05) is 31.2 Å². The lowest BCUT2D eigenvalue weighted by molar-refractivity contribution is -0.268. The van der Waals surface area contributed by atoms with Crippen LogP contribution >= 0.6 is 11.3 Å². The highest BCUT2D eigenvalue weighted by molar-refractivity contribution is 7.09. The van der Waals surface area contributed by atoms with Gasteiger partial charge in [-0.15, -0.1) is 11.3 Å². The van der Waals surface area contributed by atoms with Crippen LogP contribution in [0.4, 0.5) is 13.2 Å². The van der Waals surface area contributed by atoms with Crippen LogP contribution in [0.5, 0.6) is 0 Å². The molecule has 0 bridgehead atoms. The van der Waals surface area contributed by atoms with E-state index in [4.69, 9.17) is 4.74 Å². The number of halogens is 3. The average Bonchev–Trinajstić information content (AvgIpc) is 3.14. The SMILES string of the molecule is CCOC(=O)C1CCCN(C(=O)CN(C)C(=O)CC(O)(c2nc(C)cs2)C(F)(F)F)C1. The fourth-order valence-corrected chi connectivity index (χ4v) is 4.16. The lowest BCUT2D eigenvalue weighted by atomic mass is 9.98. The number of aliphatic hydroxyl groups is 1. The lowest BCUT2D eigenvalue weighted by Crippen LogP contribution is -2.49. The molecule has 1 aliphatic heterocycles. The smallest absolute Gasteiger partial charge is 0.424 e. The van der Waals surface area contributed by atoms with Gasteiger partial charge in [-0.3, -0.25) is 14.4 Å². The monoisotopic (exact) mass is 465 g/mol. The zero-order valence-corrected chi connectivity index (χ0v) is 18.4. The second kappa shape index (κ2) is 9.94. The van der Waals surface area contributed by atoms with Gasteiger partial charge in [0.2, 0.25) is 17.4 Å². The number of esters is 1. The highest BCUT2D eigenvalue weighted by atomic mass is 32.1. The minimum absolute atomic E-state index is 0.130. The number of carbonyl (C=O) groups excluding carboxylic acids is 3. The normalized spacial score (nSPS) is 18.9. The van der Waals surface area contributed by atoms with Crippen molar-refractivity contribution in [2.75, 3.05) is 33.3 Å². The van der Waals surface area contributed by atoms with Crippen molar-refractivity contribution in [3.05, 3.63) is 16.1 Å². The van der Waals surface area contributed by atoms with E-state index in [-0.39, 0.29) is 13.2 Å². The fraction of sp³-hybridized carbons (Fsp3) is 0.684. The molecule has 8 nitrogen and oxygen atoms in total. The fourth-order valence-electron chi connectivity index (χ4n) is 3.24. The average molecular weight is 465 g/mol. The van der Waals surface area contributed by atoms with E-state index in [0.29, 0.717) is 36.4 Å². The Kier molecular flexibility index (Phi) is 8.04. The number of amides is 2. The van der Waals surface area contributed by atoms with Crippen LogP contribution in [-0.2, 0) is 24.7 Å². The number of carbonyl (C=O) groups is 3. The molecule has 1 saturated heterocycles.